The first-order valence-corrected chi connectivity index (χ1v) is 18.3. The second-order valence-corrected chi connectivity index (χ2v) is 14.1. The number of rotatable bonds is 9. The standard InChI is InChI=1S/C36H35N9O6.C2HF3O2/c46-31-12-11-30(33(47)39-31)44-34(48)26-10-9-24(19-28(26)35(44)49)41-15-17-42(18-16-41)25-20-43(21-25)36-38-29-4-2-1-3-27(29)32(40-36)37-14-13-22-5-7-23(8-6-22)45(50)51;3-2(4,5)1(6)7/h1-10,19,25,30H,11-18,20-21H2,(H,37,38,40)(H,39,46,47);(H,6,7). The van der Waals surface area contributed by atoms with Crippen LogP contribution in [-0.4, -0.2) is 123 Å². The maximum absolute atomic E-state index is 13.3. The number of non-ortho nitro benzene ring substituents is 1. The van der Waals surface area contributed by atoms with Gasteiger partial charge in [-0.3, -0.25) is 44.4 Å². The summed E-state index contributed by atoms with van der Waals surface area (Å²) in [4.78, 5) is 87.5. The van der Waals surface area contributed by atoms with E-state index in [9.17, 15) is 42.5 Å². The number of benzene rings is 3. The van der Waals surface area contributed by atoms with Gasteiger partial charge in [-0.1, -0.05) is 24.3 Å². The number of amides is 4. The average molecular weight is 804 g/mol. The quantitative estimate of drug-likeness (QED) is 0.126. The number of nitrogens with zero attached hydrogens (tertiary/aromatic N) is 7. The minimum atomic E-state index is -5.08. The number of imide groups is 2. The number of hydrogen-bond acceptors (Lipinski definition) is 13. The van der Waals surface area contributed by atoms with Crippen molar-refractivity contribution in [2.24, 2.45) is 0 Å². The first-order chi connectivity index (χ1) is 27.7. The summed E-state index contributed by atoms with van der Waals surface area (Å²) in [6.07, 6.45) is -4.19. The van der Waals surface area contributed by atoms with E-state index < -0.39 is 46.7 Å². The predicted octanol–water partition coefficient (Wildman–Crippen LogP) is 3.24. The van der Waals surface area contributed by atoms with E-state index in [-0.39, 0.29) is 29.7 Å². The molecule has 1 aromatic heterocycles. The summed E-state index contributed by atoms with van der Waals surface area (Å²) in [5.74, 6) is -3.35. The molecule has 3 fully saturated rings. The number of para-hydroxylation sites is 1. The summed E-state index contributed by atoms with van der Waals surface area (Å²) in [6.45, 7) is 5.38. The molecule has 302 valence electrons. The number of alkyl halides is 3. The average Bonchev–Trinajstić information content (AvgIpc) is 3.42. The van der Waals surface area contributed by atoms with E-state index in [1.165, 1.54) is 12.1 Å². The summed E-state index contributed by atoms with van der Waals surface area (Å²) in [6, 6.07) is 19.1. The van der Waals surface area contributed by atoms with Gasteiger partial charge in [0.1, 0.15) is 11.9 Å². The topological polar surface area (TPSA) is 212 Å². The second-order valence-electron chi connectivity index (χ2n) is 14.1. The fourth-order valence-electron chi connectivity index (χ4n) is 7.30. The Hall–Kier alpha value is -6.70. The molecular weight excluding hydrogens is 767 g/mol. The van der Waals surface area contributed by atoms with Gasteiger partial charge < -0.3 is 20.2 Å². The van der Waals surface area contributed by atoms with Crippen LogP contribution < -0.4 is 20.4 Å². The van der Waals surface area contributed by atoms with Gasteiger partial charge in [0.2, 0.25) is 17.8 Å². The Morgan fingerprint density at radius 2 is 1.59 bits per heavy atom. The molecule has 3 saturated heterocycles. The van der Waals surface area contributed by atoms with Crippen LogP contribution in [-0.2, 0) is 20.8 Å². The Balaban J connectivity index is 0.000000672. The number of piperazine rings is 1. The Morgan fingerprint density at radius 1 is 0.914 bits per heavy atom. The Morgan fingerprint density at radius 3 is 2.24 bits per heavy atom. The van der Waals surface area contributed by atoms with Crippen molar-refractivity contribution in [3.05, 3.63) is 93.5 Å². The number of nitro benzene ring substituents is 1. The number of halogens is 3. The SMILES string of the molecule is O=C(O)C(F)(F)F.O=C1CCC(N2C(=O)c3ccc(N4CCN(C5CN(c6nc(NCCc7ccc([N+](=O)[O-])cc7)c7ccccc7n6)C5)CC4)cc3C2=O)C(=O)N1. The highest BCUT2D eigenvalue weighted by Crippen LogP contribution is 2.32. The normalized spacial score (nSPS) is 18.7. The van der Waals surface area contributed by atoms with E-state index in [1.54, 1.807) is 24.3 Å². The van der Waals surface area contributed by atoms with Gasteiger partial charge in [-0.05, 0) is 48.7 Å². The highest BCUT2D eigenvalue weighted by atomic mass is 19.4. The highest BCUT2D eigenvalue weighted by Gasteiger charge is 2.45. The number of carboxylic acid groups (broad SMARTS) is 1. The Kier molecular flexibility index (Phi) is 10.9. The number of aliphatic carboxylic acids is 1. The third kappa shape index (κ3) is 8.22. The molecule has 20 heteroatoms. The number of anilines is 3. The van der Waals surface area contributed by atoms with Crippen LogP contribution in [0.3, 0.4) is 0 Å². The van der Waals surface area contributed by atoms with Crippen molar-refractivity contribution in [3.63, 3.8) is 0 Å². The summed E-state index contributed by atoms with van der Waals surface area (Å²) in [5.41, 5.74) is 3.34. The molecule has 3 aromatic carbocycles. The third-order valence-corrected chi connectivity index (χ3v) is 10.5. The van der Waals surface area contributed by atoms with Crippen LogP contribution in [0.25, 0.3) is 10.9 Å². The van der Waals surface area contributed by atoms with Crippen LogP contribution >= 0.6 is 0 Å². The third-order valence-electron chi connectivity index (χ3n) is 10.5. The lowest BCUT2D eigenvalue weighted by Gasteiger charge is -2.48. The molecule has 0 bridgehead atoms. The zero-order valence-electron chi connectivity index (χ0n) is 30.6. The van der Waals surface area contributed by atoms with Crippen LogP contribution in [0.4, 0.5) is 36.3 Å². The first kappa shape index (κ1) is 39.5. The number of nitrogens with one attached hydrogen (secondary N) is 2. The molecule has 4 aliphatic rings. The molecule has 5 heterocycles. The number of carbonyl (C=O) groups excluding carboxylic acids is 4. The number of fused-ring (bicyclic) bond motifs is 2. The minimum absolute atomic E-state index is 0.0741. The molecule has 17 nitrogen and oxygen atoms in total. The zero-order valence-corrected chi connectivity index (χ0v) is 30.6. The van der Waals surface area contributed by atoms with Crippen LogP contribution in [0.15, 0.2) is 66.7 Å². The molecule has 0 saturated carbocycles. The van der Waals surface area contributed by atoms with Crippen LogP contribution in [0, 0.1) is 10.1 Å². The molecule has 4 aromatic rings. The fourth-order valence-corrected chi connectivity index (χ4v) is 7.30. The number of hydrogen-bond donors (Lipinski definition) is 3. The van der Waals surface area contributed by atoms with E-state index in [2.05, 4.69) is 25.3 Å². The van der Waals surface area contributed by atoms with Crippen LogP contribution in [0.2, 0.25) is 0 Å². The van der Waals surface area contributed by atoms with Crippen LogP contribution in [0.1, 0.15) is 39.1 Å². The van der Waals surface area contributed by atoms with Crippen molar-refractivity contribution in [2.75, 3.05) is 60.9 Å². The first-order valence-electron chi connectivity index (χ1n) is 18.3. The summed E-state index contributed by atoms with van der Waals surface area (Å²) < 4.78 is 31.7. The minimum Gasteiger partial charge on any atom is -0.475 e. The van der Waals surface area contributed by atoms with Gasteiger partial charge in [0.25, 0.3) is 17.5 Å². The zero-order chi connectivity index (χ0) is 41.3. The lowest BCUT2D eigenvalue weighted by molar-refractivity contribution is -0.384. The number of aromatic nitrogens is 2. The van der Waals surface area contributed by atoms with E-state index >= 15 is 0 Å². The van der Waals surface area contributed by atoms with Crippen molar-refractivity contribution in [2.45, 2.75) is 37.5 Å². The molecule has 3 N–H and O–H groups in total. The molecule has 1 atom stereocenters. The molecule has 58 heavy (non-hydrogen) atoms. The number of piperidine rings is 1. The smallest absolute Gasteiger partial charge is 0.475 e. The van der Waals surface area contributed by atoms with Gasteiger partial charge >= 0.3 is 12.1 Å². The molecule has 8 rings (SSSR count). The molecular formula is C38H36F3N9O8. The van der Waals surface area contributed by atoms with Crippen molar-refractivity contribution >= 4 is 63.6 Å². The van der Waals surface area contributed by atoms with Gasteiger partial charge in [-0.25, -0.2) is 9.78 Å². The van der Waals surface area contributed by atoms with Gasteiger partial charge in [0, 0.05) is 81.5 Å². The second kappa shape index (κ2) is 16.0. The maximum Gasteiger partial charge on any atom is 0.490 e. The fraction of sp³-hybridized carbons (Fsp3) is 0.342. The van der Waals surface area contributed by atoms with Gasteiger partial charge in [0.15, 0.2) is 0 Å². The number of nitro groups is 1. The number of carbonyl (C=O) groups is 5. The van der Waals surface area contributed by atoms with Crippen LogP contribution in [0.5, 0.6) is 0 Å². The molecule has 1 unspecified atom stereocenters. The molecule has 4 amide bonds. The van der Waals surface area contributed by atoms with E-state index in [1.807, 2.05) is 30.3 Å². The molecule has 0 aliphatic carbocycles. The summed E-state index contributed by atoms with van der Waals surface area (Å²) in [7, 11) is 0. The lowest BCUT2D eigenvalue weighted by Crippen LogP contribution is -2.63. The Labute approximate surface area is 327 Å². The van der Waals surface area contributed by atoms with Crippen molar-refractivity contribution in [1.82, 2.24) is 25.1 Å². The van der Waals surface area contributed by atoms with E-state index in [4.69, 9.17) is 19.9 Å². The highest BCUT2D eigenvalue weighted by molar-refractivity contribution is 6.23. The summed E-state index contributed by atoms with van der Waals surface area (Å²) >= 11 is 0. The predicted molar refractivity (Wildman–Crippen MR) is 201 cm³/mol. The molecule has 0 spiro atoms. The maximum atomic E-state index is 13.3. The van der Waals surface area contributed by atoms with Crippen molar-refractivity contribution in [3.8, 4) is 0 Å². The van der Waals surface area contributed by atoms with E-state index in [0.29, 0.717) is 25.0 Å². The van der Waals surface area contributed by atoms with Gasteiger partial charge in [0.05, 0.1) is 21.6 Å². The van der Waals surface area contributed by atoms with Gasteiger partial charge in [-0.15, -0.1) is 0 Å². The summed E-state index contributed by atoms with van der Waals surface area (Å²) in [5, 5.41) is 24.7. The monoisotopic (exact) mass is 803 g/mol. The molecule has 0 radical (unpaired) electrons. The van der Waals surface area contributed by atoms with Crippen molar-refractivity contribution < 1.29 is 47.2 Å². The molecule has 4 aliphatic heterocycles. The van der Waals surface area contributed by atoms with E-state index in [0.717, 1.165) is 72.1 Å². The lowest BCUT2D eigenvalue weighted by atomic mass is 10.0. The largest absolute Gasteiger partial charge is 0.490 e. The number of carboxylic acids is 1. The van der Waals surface area contributed by atoms with Gasteiger partial charge in [-0.2, -0.15) is 18.2 Å². The van der Waals surface area contributed by atoms with Crippen molar-refractivity contribution in [1.29, 1.82) is 0 Å². The Bertz CT molecular complexity index is 2290.